The number of amides is 1. The molecule has 6 heteroatoms. The molecule has 26 heavy (non-hydrogen) atoms. The van der Waals surface area contributed by atoms with Gasteiger partial charge in [-0.2, -0.15) is 0 Å². The SMILES string of the molecule is Cc1cc(C)nc(SCC(=O)N2c3ccccc3S[C@H]3C=CC=C[C@@H]32)n1. The third-order valence-corrected chi connectivity index (χ3v) is 6.44. The van der Waals surface area contributed by atoms with Gasteiger partial charge in [0.2, 0.25) is 5.91 Å². The van der Waals surface area contributed by atoms with Gasteiger partial charge in [-0.3, -0.25) is 4.79 Å². The second kappa shape index (κ2) is 7.29. The van der Waals surface area contributed by atoms with E-state index in [2.05, 4.69) is 34.3 Å². The second-order valence-corrected chi connectivity index (χ2v) is 8.46. The third kappa shape index (κ3) is 3.44. The summed E-state index contributed by atoms with van der Waals surface area (Å²) >= 11 is 3.22. The van der Waals surface area contributed by atoms with E-state index in [1.807, 2.05) is 60.9 Å². The number of carbonyl (C=O) groups is 1. The molecule has 1 aliphatic carbocycles. The summed E-state index contributed by atoms with van der Waals surface area (Å²) in [5, 5.41) is 0.910. The van der Waals surface area contributed by atoms with E-state index in [1.165, 1.54) is 11.8 Å². The fraction of sp³-hybridized carbons (Fsp3) is 0.250. The Balaban J connectivity index is 1.59. The summed E-state index contributed by atoms with van der Waals surface area (Å²) in [7, 11) is 0. The molecular weight excluding hydrogens is 362 g/mol. The number of carbonyl (C=O) groups excluding carboxylic acids is 1. The highest BCUT2D eigenvalue weighted by Gasteiger charge is 2.36. The number of hydrogen-bond donors (Lipinski definition) is 0. The first-order valence-corrected chi connectivity index (χ1v) is 10.4. The van der Waals surface area contributed by atoms with Crippen molar-refractivity contribution >= 4 is 35.1 Å². The summed E-state index contributed by atoms with van der Waals surface area (Å²) in [5.74, 6) is 0.406. The number of allylic oxidation sites excluding steroid dienone is 2. The molecule has 0 fully saturated rings. The van der Waals surface area contributed by atoms with Crippen LogP contribution in [0.3, 0.4) is 0 Å². The molecule has 2 heterocycles. The summed E-state index contributed by atoms with van der Waals surface area (Å²) in [5.41, 5.74) is 2.84. The molecule has 0 bridgehead atoms. The van der Waals surface area contributed by atoms with Crippen molar-refractivity contribution in [3.8, 4) is 0 Å². The van der Waals surface area contributed by atoms with Crippen LogP contribution in [0.4, 0.5) is 5.69 Å². The molecule has 2 aromatic rings. The van der Waals surface area contributed by atoms with Crippen molar-refractivity contribution in [1.82, 2.24) is 9.97 Å². The van der Waals surface area contributed by atoms with Gasteiger partial charge in [0.1, 0.15) is 0 Å². The standard InChI is InChI=1S/C20H19N3OS2/c1-13-11-14(2)22-20(21-13)25-12-19(24)23-15-7-3-5-9-17(15)26-18-10-6-4-8-16(18)23/h3-11,15,17H,12H2,1-2H3/t15-,17-/m0/s1. The highest BCUT2D eigenvalue weighted by molar-refractivity contribution is 8.00. The van der Waals surface area contributed by atoms with Gasteiger partial charge in [-0.1, -0.05) is 48.2 Å². The van der Waals surface area contributed by atoms with Crippen molar-refractivity contribution in [3.63, 3.8) is 0 Å². The Bertz CT molecular complexity index is 889. The minimum Gasteiger partial charge on any atom is -0.302 e. The lowest BCUT2D eigenvalue weighted by molar-refractivity contribution is -0.116. The zero-order valence-electron chi connectivity index (χ0n) is 14.6. The van der Waals surface area contributed by atoms with Gasteiger partial charge in [0.25, 0.3) is 0 Å². The molecule has 0 spiro atoms. The van der Waals surface area contributed by atoms with Crippen LogP contribution in [0, 0.1) is 13.8 Å². The Kier molecular flexibility index (Phi) is 4.87. The lowest BCUT2D eigenvalue weighted by Crippen LogP contribution is -2.48. The molecule has 1 aliphatic heterocycles. The first-order valence-electron chi connectivity index (χ1n) is 8.49. The number of nitrogens with zero attached hydrogens (tertiary/aromatic N) is 3. The molecule has 4 nitrogen and oxygen atoms in total. The van der Waals surface area contributed by atoms with Gasteiger partial charge in [0.15, 0.2) is 5.16 Å². The maximum absolute atomic E-state index is 13.1. The molecular formula is C20H19N3OS2. The van der Waals surface area contributed by atoms with E-state index >= 15 is 0 Å². The number of fused-ring (bicyclic) bond motifs is 2. The molecule has 1 aromatic carbocycles. The number of hydrogen-bond acceptors (Lipinski definition) is 5. The van der Waals surface area contributed by atoms with Crippen molar-refractivity contribution < 1.29 is 4.79 Å². The van der Waals surface area contributed by atoms with Crippen molar-refractivity contribution in [2.24, 2.45) is 0 Å². The maximum atomic E-state index is 13.1. The van der Waals surface area contributed by atoms with Gasteiger partial charge in [-0.05, 0) is 32.0 Å². The van der Waals surface area contributed by atoms with Crippen molar-refractivity contribution in [2.75, 3.05) is 10.7 Å². The van der Waals surface area contributed by atoms with Gasteiger partial charge < -0.3 is 4.90 Å². The fourth-order valence-corrected chi connectivity index (χ4v) is 5.30. The number of benzene rings is 1. The van der Waals surface area contributed by atoms with Gasteiger partial charge >= 0.3 is 0 Å². The van der Waals surface area contributed by atoms with Crippen LogP contribution in [-0.2, 0) is 4.79 Å². The zero-order valence-corrected chi connectivity index (χ0v) is 16.3. The number of anilines is 1. The predicted octanol–water partition coefficient (Wildman–Crippen LogP) is 4.19. The van der Waals surface area contributed by atoms with Gasteiger partial charge in [0.05, 0.1) is 22.7 Å². The smallest absolute Gasteiger partial charge is 0.238 e. The first kappa shape index (κ1) is 17.4. The number of aromatic nitrogens is 2. The Morgan fingerprint density at radius 1 is 1.15 bits per heavy atom. The molecule has 132 valence electrons. The molecule has 0 saturated heterocycles. The summed E-state index contributed by atoms with van der Waals surface area (Å²) in [6, 6.07) is 10.1. The topological polar surface area (TPSA) is 46.1 Å². The predicted molar refractivity (Wildman–Crippen MR) is 108 cm³/mol. The average molecular weight is 382 g/mol. The number of para-hydroxylation sites is 1. The Morgan fingerprint density at radius 2 is 1.88 bits per heavy atom. The number of thioether (sulfide) groups is 2. The summed E-state index contributed by atoms with van der Waals surface area (Å²) in [4.78, 5) is 25.1. The van der Waals surface area contributed by atoms with Crippen LogP contribution in [0.1, 0.15) is 11.4 Å². The maximum Gasteiger partial charge on any atom is 0.238 e. The summed E-state index contributed by atoms with van der Waals surface area (Å²) in [6.07, 6.45) is 8.37. The Hall–Kier alpha value is -2.05. The highest BCUT2D eigenvalue weighted by atomic mass is 32.2. The van der Waals surface area contributed by atoms with Gasteiger partial charge in [-0.15, -0.1) is 11.8 Å². The summed E-state index contributed by atoms with van der Waals surface area (Å²) in [6.45, 7) is 3.89. The first-order chi connectivity index (χ1) is 12.6. The van der Waals surface area contributed by atoms with Crippen LogP contribution in [0.5, 0.6) is 0 Å². The van der Waals surface area contributed by atoms with E-state index in [1.54, 1.807) is 0 Å². The van der Waals surface area contributed by atoms with Crippen LogP contribution < -0.4 is 4.90 Å². The molecule has 2 atom stereocenters. The minimum atomic E-state index is 0.0492. The van der Waals surface area contributed by atoms with Crippen LogP contribution in [-0.4, -0.2) is 32.9 Å². The van der Waals surface area contributed by atoms with Crippen LogP contribution in [0.15, 0.2) is 64.7 Å². The van der Waals surface area contributed by atoms with E-state index in [9.17, 15) is 4.79 Å². The molecule has 0 saturated carbocycles. The molecule has 0 unspecified atom stereocenters. The number of aryl methyl sites for hydroxylation is 2. The molecule has 1 amide bonds. The molecule has 4 rings (SSSR count). The van der Waals surface area contributed by atoms with Crippen molar-refractivity contribution in [3.05, 3.63) is 66.0 Å². The lowest BCUT2D eigenvalue weighted by atomic mass is 10.0. The number of rotatable bonds is 3. The molecule has 0 radical (unpaired) electrons. The molecule has 1 aromatic heterocycles. The minimum absolute atomic E-state index is 0.0492. The van der Waals surface area contributed by atoms with Gasteiger partial charge in [-0.25, -0.2) is 9.97 Å². The van der Waals surface area contributed by atoms with Crippen LogP contribution in [0.2, 0.25) is 0 Å². The quantitative estimate of drug-likeness (QED) is 0.589. The Morgan fingerprint density at radius 3 is 2.69 bits per heavy atom. The molecule has 0 N–H and O–H groups in total. The highest BCUT2D eigenvalue weighted by Crippen LogP contribution is 2.43. The lowest BCUT2D eigenvalue weighted by Gasteiger charge is -2.40. The average Bonchev–Trinajstić information content (AvgIpc) is 2.63. The Labute approximate surface area is 161 Å². The van der Waals surface area contributed by atoms with Crippen LogP contribution >= 0.6 is 23.5 Å². The summed E-state index contributed by atoms with van der Waals surface area (Å²) < 4.78 is 0. The van der Waals surface area contributed by atoms with E-state index in [-0.39, 0.29) is 17.2 Å². The van der Waals surface area contributed by atoms with Crippen molar-refractivity contribution in [2.45, 2.75) is 35.2 Å². The van der Waals surface area contributed by atoms with Crippen molar-refractivity contribution in [1.29, 1.82) is 0 Å². The van der Waals surface area contributed by atoms with Crippen LogP contribution in [0.25, 0.3) is 0 Å². The second-order valence-electron chi connectivity index (χ2n) is 6.30. The largest absolute Gasteiger partial charge is 0.302 e. The van der Waals surface area contributed by atoms with E-state index in [0.29, 0.717) is 10.9 Å². The normalized spacial score (nSPS) is 20.6. The fourth-order valence-electron chi connectivity index (χ4n) is 3.23. The third-order valence-electron chi connectivity index (χ3n) is 4.30. The van der Waals surface area contributed by atoms with E-state index in [0.717, 1.165) is 22.0 Å². The van der Waals surface area contributed by atoms with E-state index in [4.69, 9.17) is 0 Å². The zero-order chi connectivity index (χ0) is 18.1. The van der Waals surface area contributed by atoms with Gasteiger partial charge in [0, 0.05) is 16.3 Å². The van der Waals surface area contributed by atoms with E-state index < -0.39 is 0 Å². The molecule has 2 aliphatic rings. The monoisotopic (exact) mass is 381 g/mol.